The second-order valence-corrected chi connectivity index (χ2v) is 7.28. The zero-order chi connectivity index (χ0) is 13.4. The van der Waals surface area contributed by atoms with Crippen LogP contribution in [0.15, 0.2) is 30.8 Å². The summed E-state index contributed by atoms with van der Waals surface area (Å²) >= 11 is 0. The third-order valence-electron chi connectivity index (χ3n) is 3.14. The maximum absolute atomic E-state index is 6.03. The van der Waals surface area contributed by atoms with Crippen molar-refractivity contribution in [3.8, 4) is 0 Å². The van der Waals surface area contributed by atoms with Gasteiger partial charge in [0.25, 0.3) is 0 Å². The maximum atomic E-state index is 6.03. The van der Waals surface area contributed by atoms with E-state index in [1.54, 1.807) is 7.11 Å². The van der Waals surface area contributed by atoms with Gasteiger partial charge < -0.3 is 9.16 Å². The van der Waals surface area contributed by atoms with Gasteiger partial charge in [0.1, 0.15) is 0 Å². The van der Waals surface area contributed by atoms with Gasteiger partial charge in [0.05, 0.1) is 6.23 Å². The lowest BCUT2D eigenvalue weighted by atomic mass is 9.96. The van der Waals surface area contributed by atoms with Crippen LogP contribution in [-0.2, 0) is 9.16 Å². The Balaban J connectivity index is 2.59. The summed E-state index contributed by atoms with van der Waals surface area (Å²) in [6, 6.07) is 9.49. The molecular formula is C15H24O2Si. The lowest BCUT2D eigenvalue weighted by molar-refractivity contribution is 0.212. The van der Waals surface area contributed by atoms with E-state index in [1.807, 2.05) is 12.1 Å². The molecule has 0 bridgehead atoms. The summed E-state index contributed by atoms with van der Waals surface area (Å²) in [6.45, 7) is 9.02. The van der Waals surface area contributed by atoms with Crippen LogP contribution in [0.2, 0.25) is 6.04 Å². The Morgan fingerprint density at radius 3 is 2.72 bits per heavy atom. The van der Waals surface area contributed by atoms with Crippen molar-refractivity contribution in [3.05, 3.63) is 42.0 Å². The Kier molecular flexibility index (Phi) is 6.94. The molecule has 1 rings (SSSR count). The van der Waals surface area contributed by atoms with E-state index in [-0.39, 0.29) is 0 Å². The standard InChI is InChI=1S/C15H24O2Si/c1-5-14-9-7-8-10-15(14)13(3)11-17-18(6-2)12-16-4/h5,7-10,13,18H,1,6,11-12H2,2-4H3. The van der Waals surface area contributed by atoms with E-state index in [9.17, 15) is 0 Å². The number of ether oxygens (including phenoxy) is 1. The number of benzene rings is 1. The predicted octanol–water partition coefficient (Wildman–Crippen LogP) is 3.38. The fourth-order valence-electron chi connectivity index (χ4n) is 1.99. The molecule has 0 aliphatic rings. The van der Waals surface area contributed by atoms with Crippen molar-refractivity contribution < 1.29 is 9.16 Å². The van der Waals surface area contributed by atoms with Gasteiger partial charge in [0.15, 0.2) is 0 Å². The van der Waals surface area contributed by atoms with E-state index in [0.717, 1.165) is 18.9 Å². The first-order chi connectivity index (χ1) is 8.72. The highest BCUT2D eigenvalue weighted by atomic mass is 28.3. The fourth-order valence-corrected chi connectivity index (χ4v) is 3.49. The molecule has 100 valence electrons. The minimum absolute atomic E-state index is 0.401. The molecule has 3 heteroatoms. The van der Waals surface area contributed by atoms with Crippen molar-refractivity contribution in [2.45, 2.75) is 25.8 Å². The summed E-state index contributed by atoms with van der Waals surface area (Å²) in [6.07, 6.45) is 2.71. The molecule has 0 saturated carbocycles. The smallest absolute Gasteiger partial charge is 0.201 e. The maximum Gasteiger partial charge on any atom is 0.201 e. The topological polar surface area (TPSA) is 18.5 Å². The Labute approximate surface area is 112 Å². The van der Waals surface area contributed by atoms with E-state index >= 15 is 0 Å². The first kappa shape index (κ1) is 15.2. The van der Waals surface area contributed by atoms with Gasteiger partial charge in [-0.3, -0.25) is 0 Å². The van der Waals surface area contributed by atoms with Crippen LogP contribution in [0.1, 0.15) is 30.9 Å². The zero-order valence-electron chi connectivity index (χ0n) is 11.7. The summed E-state index contributed by atoms with van der Waals surface area (Å²) in [7, 11) is 0.580. The van der Waals surface area contributed by atoms with Gasteiger partial charge in [0.2, 0.25) is 9.04 Å². The molecule has 0 aliphatic heterocycles. The highest BCUT2D eigenvalue weighted by Gasteiger charge is 2.13. The molecule has 0 saturated heterocycles. The molecule has 2 nitrogen and oxygen atoms in total. The van der Waals surface area contributed by atoms with Crippen LogP contribution in [-0.4, -0.2) is 29.0 Å². The molecule has 0 amide bonds. The van der Waals surface area contributed by atoms with E-state index in [2.05, 4.69) is 38.6 Å². The number of methoxy groups -OCH3 is 1. The molecule has 1 aromatic carbocycles. The van der Waals surface area contributed by atoms with Crippen LogP contribution < -0.4 is 0 Å². The van der Waals surface area contributed by atoms with Crippen LogP contribution in [0.25, 0.3) is 6.08 Å². The quantitative estimate of drug-likeness (QED) is 0.670. The summed E-state index contributed by atoms with van der Waals surface area (Å²) in [5.41, 5.74) is 2.52. The van der Waals surface area contributed by atoms with Crippen LogP contribution in [0.3, 0.4) is 0 Å². The summed E-state index contributed by atoms with van der Waals surface area (Å²) in [4.78, 5) is 0. The minimum atomic E-state index is -1.17. The van der Waals surface area contributed by atoms with E-state index in [1.165, 1.54) is 11.1 Å². The van der Waals surface area contributed by atoms with Gasteiger partial charge in [0, 0.05) is 19.6 Å². The van der Waals surface area contributed by atoms with Crippen molar-refractivity contribution in [1.29, 1.82) is 0 Å². The zero-order valence-corrected chi connectivity index (χ0v) is 12.8. The monoisotopic (exact) mass is 264 g/mol. The molecule has 0 aliphatic carbocycles. The summed E-state index contributed by atoms with van der Waals surface area (Å²) in [5.74, 6) is 0.401. The Hall–Kier alpha value is -0.903. The molecule has 2 atom stereocenters. The van der Waals surface area contributed by atoms with Crippen LogP contribution >= 0.6 is 0 Å². The molecule has 0 N–H and O–H groups in total. The van der Waals surface area contributed by atoms with Gasteiger partial charge in [-0.1, -0.05) is 50.8 Å². The van der Waals surface area contributed by atoms with E-state index in [4.69, 9.17) is 9.16 Å². The Bertz CT molecular complexity index is 365. The first-order valence-corrected chi connectivity index (χ1v) is 8.65. The second kappa shape index (κ2) is 8.24. The minimum Gasteiger partial charge on any atom is -0.417 e. The van der Waals surface area contributed by atoms with Crippen LogP contribution in [0.4, 0.5) is 0 Å². The van der Waals surface area contributed by atoms with E-state index in [0.29, 0.717) is 5.92 Å². The average molecular weight is 264 g/mol. The summed E-state index contributed by atoms with van der Waals surface area (Å²) < 4.78 is 11.2. The van der Waals surface area contributed by atoms with Crippen molar-refractivity contribution >= 4 is 15.1 Å². The molecule has 0 aromatic heterocycles. The van der Waals surface area contributed by atoms with E-state index < -0.39 is 9.04 Å². The number of hydrogen-bond donors (Lipinski definition) is 0. The highest BCUT2D eigenvalue weighted by molar-refractivity contribution is 6.51. The Morgan fingerprint density at radius 1 is 1.39 bits per heavy atom. The lowest BCUT2D eigenvalue weighted by Crippen LogP contribution is -2.25. The SMILES string of the molecule is C=Cc1ccccc1C(C)CO[SiH](CC)COC. The third-order valence-corrected chi connectivity index (χ3v) is 5.42. The van der Waals surface area contributed by atoms with Crippen LogP contribution in [0, 0.1) is 0 Å². The molecule has 0 heterocycles. The van der Waals surface area contributed by atoms with Gasteiger partial charge in [-0.15, -0.1) is 0 Å². The first-order valence-electron chi connectivity index (χ1n) is 6.54. The van der Waals surface area contributed by atoms with Crippen molar-refractivity contribution in [3.63, 3.8) is 0 Å². The molecule has 1 aromatic rings. The molecule has 0 spiro atoms. The van der Waals surface area contributed by atoms with Crippen molar-refractivity contribution in [1.82, 2.24) is 0 Å². The van der Waals surface area contributed by atoms with Crippen LogP contribution in [0.5, 0.6) is 0 Å². The molecular weight excluding hydrogens is 240 g/mol. The predicted molar refractivity (Wildman–Crippen MR) is 80.4 cm³/mol. The van der Waals surface area contributed by atoms with Gasteiger partial charge in [-0.25, -0.2) is 0 Å². The summed E-state index contributed by atoms with van der Waals surface area (Å²) in [5, 5.41) is 0. The fraction of sp³-hybridized carbons (Fsp3) is 0.467. The molecule has 18 heavy (non-hydrogen) atoms. The Morgan fingerprint density at radius 2 is 2.11 bits per heavy atom. The average Bonchev–Trinajstić information content (AvgIpc) is 2.42. The highest BCUT2D eigenvalue weighted by Crippen LogP contribution is 2.21. The molecule has 0 radical (unpaired) electrons. The van der Waals surface area contributed by atoms with Gasteiger partial charge >= 0.3 is 0 Å². The van der Waals surface area contributed by atoms with Crippen molar-refractivity contribution in [2.24, 2.45) is 0 Å². The van der Waals surface area contributed by atoms with Gasteiger partial charge in [-0.2, -0.15) is 0 Å². The molecule has 2 unspecified atom stereocenters. The second-order valence-electron chi connectivity index (χ2n) is 4.55. The lowest BCUT2D eigenvalue weighted by Gasteiger charge is -2.19. The number of rotatable bonds is 8. The number of hydrogen-bond acceptors (Lipinski definition) is 2. The third kappa shape index (κ3) is 4.41. The largest absolute Gasteiger partial charge is 0.417 e. The molecule has 0 fully saturated rings. The van der Waals surface area contributed by atoms with Gasteiger partial charge in [-0.05, 0) is 17.2 Å². The normalized spacial score (nSPS) is 14.2. The van der Waals surface area contributed by atoms with Crippen molar-refractivity contribution in [2.75, 3.05) is 19.9 Å².